The predicted octanol–water partition coefficient (Wildman–Crippen LogP) is 4.18. The summed E-state index contributed by atoms with van der Waals surface area (Å²) in [4.78, 5) is 11.0. The summed E-state index contributed by atoms with van der Waals surface area (Å²) < 4.78 is 0. The van der Waals surface area contributed by atoms with Crippen LogP contribution < -0.4 is 0 Å². The molecule has 4 rings (SSSR count). The second-order valence-electron chi connectivity index (χ2n) is 8.69. The number of carboxylic acids is 1. The number of hydrogen-bond donors (Lipinski definition) is 2. The molecule has 5 unspecified atom stereocenters. The number of aliphatic carboxylic acids is 1. The molecule has 128 valence electrons. The van der Waals surface area contributed by atoms with Crippen LogP contribution in [0.5, 0.6) is 0 Å². The maximum absolute atomic E-state index is 11.0. The molecule has 0 heterocycles. The summed E-state index contributed by atoms with van der Waals surface area (Å²) in [5.41, 5.74) is 2.31. The zero-order valence-corrected chi connectivity index (χ0v) is 14.8. The minimum absolute atomic E-state index is 0.178. The fraction of sp³-hybridized carbons (Fsp3) is 0.750. The summed E-state index contributed by atoms with van der Waals surface area (Å²) in [6, 6.07) is 0. The van der Waals surface area contributed by atoms with E-state index in [1.54, 1.807) is 12.5 Å². The molecule has 4 aliphatic carbocycles. The Kier molecular flexibility index (Phi) is 3.99. The number of aliphatic hydroxyl groups excluding tert-OH is 1. The van der Waals surface area contributed by atoms with Crippen molar-refractivity contribution >= 4 is 5.97 Å². The third-order valence-electron chi connectivity index (χ3n) is 7.19. The number of aliphatic hydroxyl groups is 1. The standard InChI is InChI=1S/C20H30O3/c1-12-5-7-20-8-6-14(10-16(12)20)19(3,4)17(20)11-15(21)9-13(2)18(22)23/h9-10,12,14-15,17,21H,5-8,11H2,1-4H3,(H,22,23). The van der Waals surface area contributed by atoms with Crippen LogP contribution in [0.2, 0.25) is 0 Å². The average Bonchev–Trinajstić information content (AvgIpc) is 2.81. The highest BCUT2D eigenvalue weighted by atomic mass is 16.4. The van der Waals surface area contributed by atoms with Crippen molar-refractivity contribution in [1.82, 2.24) is 0 Å². The van der Waals surface area contributed by atoms with Crippen molar-refractivity contribution in [2.45, 2.75) is 65.9 Å². The lowest BCUT2D eigenvalue weighted by atomic mass is 9.45. The quantitative estimate of drug-likeness (QED) is 0.604. The smallest absolute Gasteiger partial charge is 0.331 e. The summed E-state index contributed by atoms with van der Waals surface area (Å²) in [6.45, 7) is 8.60. The van der Waals surface area contributed by atoms with Crippen LogP contribution in [0, 0.1) is 28.6 Å². The molecule has 0 aromatic heterocycles. The Labute approximate surface area is 139 Å². The second-order valence-corrected chi connectivity index (χ2v) is 8.69. The maximum atomic E-state index is 11.0. The molecule has 3 heteroatoms. The average molecular weight is 318 g/mol. The van der Waals surface area contributed by atoms with Crippen LogP contribution in [0.25, 0.3) is 0 Å². The highest BCUT2D eigenvalue weighted by Crippen LogP contribution is 2.69. The third-order valence-corrected chi connectivity index (χ3v) is 7.19. The van der Waals surface area contributed by atoms with E-state index in [9.17, 15) is 9.90 Å². The van der Waals surface area contributed by atoms with Crippen LogP contribution in [0.3, 0.4) is 0 Å². The Balaban J connectivity index is 1.91. The van der Waals surface area contributed by atoms with Crippen LogP contribution >= 0.6 is 0 Å². The molecule has 2 fully saturated rings. The summed E-state index contributed by atoms with van der Waals surface area (Å²) in [5.74, 6) is 0.764. The number of carboxylic acid groups (broad SMARTS) is 1. The van der Waals surface area contributed by atoms with Crippen molar-refractivity contribution in [1.29, 1.82) is 0 Å². The lowest BCUT2D eigenvalue weighted by molar-refractivity contribution is -0.132. The highest BCUT2D eigenvalue weighted by molar-refractivity contribution is 5.85. The first-order valence-corrected chi connectivity index (χ1v) is 9.00. The van der Waals surface area contributed by atoms with Crippen LogP contribution in [0.15, 0.2) is 23.3 Å². The number of fused-ring (bicyclic) bond motifs is 2. The first-order valence-electron chi connectivity index (χ1n) is 9.00. The van der Waals surface area contributed by atoms with Crippen molar-refractivity contribution in [3.63, 3.8) is 0 Å². The summed E-state index contributed by atoms with van der Waals surface area (Å²) in [6.07, 6.45) is 9.09. The molecule has 0 aromatic carbocycles. The van der Waals surface area contributed by atoms with Crippen LogP contribution in [-0.2, 0) is 4.79 Å². The molecule has 0 aliphatic heterocycles. The lowest BCUT2D eigenvalue weighted by Crippen LogP contribution is -2.52. The van der Waals surface area contributed by atoms with Crippen LogP contribution in [0.4, 0.5) is 0 Å². The van der Waals surface area contributed by atoms with E-state index < -0.39 is 12.1 Å². The molecule has 2 bridgehead atoms. The zero-order valence-electron chi connectivity index (χ0n) is 14.8. The molecule has 3 nitrogen and oxygen atoms in total. The van der Waals surface area contributed by atoms with Gasteiger partial charge in [-0.3, -0.25) is 0 Å². The molecular weight excluding hydrogens is 288 g/mol. The topological polar surface area (TPSA) is 57.5 Å². The second kappa shape index (κ2) is 5.47. The Morgan fingerprint density at radius 1 is 1.39 bits per heavy atom. The van der Waals surface area contributed by atoms with Gasteiger partial charge in [0.1, 0.15) is 0 Å². The van der Waals surface area contributed by atoms with Crippen LogP contribution in [0.1, 0.15) is 59.8 Å². The summed E-state index contributed by atoms with van der Waals surface area (Å²) in [5, 5.41) is 19.5. The summed E-state index contributed by atoms with van der Waals surface area (Å²) in [7, 11) is 0. The van der Waals surface area contributed by atoms with Gasteiger partial charge in [0.2, 0.25) is 0 Å². The number of hydrogen-bond acceptors (Lipinski definition) is 2. The molecule has 5 atom stereocenters. The van der Waals surface area contributed by atoms with Crippen LogP contribution in [-0.4, -0.2) is 22.3 Å². The van der Waals surface area contributed by atoms with E-state index in [0.717, 1.165) is 0 Å². The van der Waals surface area contributed by atoms with E-state index in [4.69, 9.17) is 5.11 Å². The first-order chi connectivity index (χ1) is 10.7. The van der Waals surface area contributed by atoms with Crippen molar-refractivity contribution in [2.24, 2.45) is 28.6 Å². The number of rotatable bonds is 4. The van der Waals surface area contributed by atoms with Gasteiger partial charge >= 0.3 is 5.97 Å². The van der Waals surface area contributed by atoms with Crippen molar-refractivity contribution in [3.8, 4) is 0 Å². The fourth-order valence-corrected chi connectivity index (χ4v) is 5.88. The van der Waals surface area contributed by atoms with Gasteiger partial charge in [-0.2, -0.15) is 0 Å². The van der Waals surface area contributed by atoms with Gasteiger partial charge in [0.25, 0.3) is 0 Å². The lowest BCUT2D eigenvalue weighted by Gasteiger charge is -2.60. The molecule has 2 N–H and O–H groups in total. The van der Waals surface area contributed by atoms with E-state index in [1.165, 1.54) is 31.8 Å². The molecule has 0 aromatic rings. The van der Waals surface area contributed by atoms with E-state index >= 15 is 0 Å². The minimum Gasteiger partial charge on any atom is -0.478 e. The fourth-order valence-electron chi connectivity index (χ4n) is 5.88. The van der Waals surface area contributed by atoms with E-state index in [1.807, 2.05) is 0 Å². The maximum Gasteiger partial charge on any atom is 0.331 e. The number of carbonyl (C=O) groups is 1. The Morgan fingerprint density at radius 3 is 2.70 bits per heavy atom. The number of allylic oxidation sites excluding steroid dienone is 2. The largest absolute Gasteiger partial charge is 0.478 e. The molecule has 23 heavy (non-hydrogen) atoms. The molecule has 0 saturated heterocycles. The Bertz CT molecular complexity index is 571. The molecule has 4 aliphatic rings. The SMILES string of the molecule is CC(=CC(O)CC1C23CCC(C)C2=CC(CC3)C1(C)C)C(=O)O. The van der Waals surface area contributed by atoms with Gasteiger partial charge in [0, 0.05) is 5.57 Å². The van der Waals surface area contributed by atoms with Gasteiger partial charge in [0.15, 0.2) is 0 Å². The zero-order chi connectivity index (χ0) is 17.0. The van der Waals surface area contributed by atoms with Crippen molar-refractivity contribution in [2.75, 3.05) is 0 Å². The van der Waals surface area contributed by atoms with Crippen molar-refractivity contribution in [3.05, 3.63) is 23.3 Å². The van der Waals surface area contributed by atoms with Gasteiger partial charge in [-0.1, -0.05) is 32.4 Å². The normalized spacial score (nSPS) is 39.8. The third kappa shape index (κ3) is 2.48. The van der Waals surface area contributed by atoms with E-state index in [2.05, 4.69) is 26.8 Å². The predicted molar refractivity (Wildman–Crippen MR) is 90.9 cm³/mol. The summed E-state index contributed by atoms with van der Waals surface area (Å²) >= 11 is 0. The van der Waals surface area contributed by atoms with Gasteiger partial charge in [-0.15, -0.1) is 0 Å². The van der Waals surface area contributed by atoms with Crippen molar-refractivity contribution < 1.29 is 15.0 Å². The molecule has 1 spiro atoms. The minimum atomic E-state index is -0.943. The first kappa shape index (κ1) is 16.8. The molecule has 0 amide bonds. The molecule has 2 saturated carbocycles. The van der Waals surface area contributed by atoms with Gasteiger partial charge < -0.3 is 10.2 Å². The Hall–Kier alpha value is -1.09. The molecular formula is C20H30O3. The van der Waals surface area contributed by atoms with Gasteiger partial charge in [-0.25, -0.2) is 4.79 Å². The highest BCUT2D eigenvalue weighted by Gasteiger charge is 2.60. The molecule has 0 radical (unpaired) electrons. The van der Waals surface area contributed by atoms with E-state index in [-0.39, 0.29) is 16.4 Å². The van der Waals surface area contributed by atoms with Gasteiger partial charge in [-0.05, 0) is 73.7 Å². The van der Waals surface area contributed by atoms with E-state index in [0.29, 0.717) is 24.2 Å². The monoisotopic (exact) mass is 318 g/mol. The Morgan fingerprint density at radius 2 is 2.04 bits per heavy atom. The van der Waals surface area contributed by atoms with Gasteiger partial charge in [0.05, 0.1) is 6.10 Å².